The zero-order valence-corrected chi connectivity index (χ0v) is 16.8. The van der Waals surface area contributed by atoms with Crippen molar-refractivity contribution < 1.29 is 22.0 Å². The number of hydrogen-bond acceptors (Lipinski definition) is 5. The minimum Gasteiger partial charge on any atom is -0.459 e. The van der Waals surface area contributed by atoms with Crippen LogP contribution in [0.2, 0.25) is 0 Å². The number of nitrogens with zero attached hydrogens (tertiary/aromatic N) is 2. The maximum Gasteiger partial charge on any atom is 0.244 e. The van der Waals surface area contributed by atoms with Crippen LogP contribution in [0.5, 0.6) is 0 Å². The van der Waals surface area contributed by atoms with Crippen LogP contribution < -0.4 is 5.32 Å². The Labute approximate surface area is 173 Å². The van der Waals surface area contributed by atoms with Gasteiger partial charge in [0.25, 0.3) is 0 Å². The van der Waals surface area contributed by atoms with Crippen molar-refractivity contribution in [3.63, 3.8) is 0 Å². The minimum absolute atomic E-state index is 0.00802. The van der Waals surface area contributed by atoms with Crippen molar-refractivity contribution in [2.75, 3.05) is 13.6 Å². The lowest BCUT2D eigenvalue weighted by Gasteiger charge is -2.17. The van der Waals surface area contributed by atoms with Gasteiger partial charge in [-0.2, -0.15) is 9.57 Å². The second-order valence-electron chi connectivity index (χ2n) is 6.42. The molecule has 3 aromatic rings. The smallest absolute Gasteiger partial charge is 0.244 e. The van der Waals surface area contributed by atoms with Crippen molar-refractivity contribution in [2.45, 2.75) is 11.4 Å². The Bertz CT molecular complexity index is 1200. The summed E-state index contributed by atoms with van der Waals surface area (Å²) in [5, 5.41) is 11.7. The van der Waals surface area contributed by atoms with E-state index in [1.54, 1.807) is 30.3 Å². The lowest BCUT2D eigenvalue weighted by molar-refractivity contribution is -0.121. The van der Waals surface area contributed by atoms with Gasteiger partial charge in [0.15, 0.2) is 0 Å². The number of sulfonamides is 1. The fourth-order valence-corrected chi connectivity index (χ4v) is 3.99. The summed E-state index contributed by atoms with van der Waals surface area (Å²) < 4.78 is 44.8. The Morgan fingerprint density at radius 3 is 2.53 bits per heavy atom. The Kier molecular flexibility index (Phi) is 6.30. The van der Waals surface area contributed by atoms with Crippen LogP contribution in [-0.2, 0) is 21.4 Å². The van der Waals surface area contributed by atoms with Crippen LogP contribution in [0, 0.1) is 17.1 Å². The van der Waals surface area contributed by atoms with Gasteiger partial charge in [-0.05, 0) is 48.5 Å². The fourth-order valence-electron chi connectivity index (χ4n) is 2.72. The lowest BCUT2D eigenvalue weighted by Crippen LogP contribution is -2.38. The number of carbonyl (C=O) groups is 1. The topological polar surface area (TPSA) is 103 Å². The Morgan fingerprint density at radius 2 is 1.83 bits per heavy atom. The highest BCUT2D eigenvalue weighted by molar-refractivity contribution is 7.89. The molecule has 0 unspecified atom stereocenters. The molecule has 0 aliphatic rings. The molecule has 30 heavy (non-hydrogen) atoms. The molecular formula is C21H18FN3O4S. The highest BCUT2D eigenvalue weighted by Crippen LogP contribution is 2.22. The summed E-state index contributed by atoms with van der Waals surface area (Å²) in [6.45, 7) is -0.365. The number of nitriles is 1. The van der Waals surface area contributed by atoms with E-state index in [9.17, 15) is 17.6 Å². The summed E-state index contributed by atoms with van der Waals surface area (Å²) in [6.07, 6.45) is 0. The summed E-state index contributed by atoms with van der Waals surface area (Å²) in [6, 6.07) is 16.8. The first-order valence-corrected chi connectivity index (χ1v) is 10.3. The molecule has 0 spiro atoms. The number of nitrogens with one attached hydrogen (secondary N) is 1. The molecule has 0 bridgehead atoms. The molecule has 1 amide bonds. The van der Waals surface area contributed by atoms with Gasteiger partial charge in [-0.25, -0.2) is 12.8 Å². The number of amides is 1. The number of halogens is 1. The van der Waals surface area contributed by atoms with Gasteiger partial charge >= 0.3 is 0 Å². The molecule has 0 fully saturated rings. The number of furan rings is 1. The van der Waals surface area contributed by atoms with Crippen molar-refractivity contribution in [2.24, 2.45) is 0 Å². The summed E-state index contributed by atoms with van der Waals surface area (Å²) in [7, 11) is -2.73. The molecular weight excluding hydrogens is 409 g/mol. The van der Waals surface area contributed by atoms with E-state index in [0.29, 0.717) is 17.1 Å². The first-order chi connectivity index (χ1) is 14.3. The van der Waals surface area contributed by atoms with Crippen LogP contribution >= 0.6 is 0 Å². The average Bonchev–Trinajstić information content (AvgIpc) is 3.21. The Balaban J connectivity index is 1.61. The van der Waals surface area contributed by atoms with Crippen molar-refractivity contribution in [3.05, 3.63) is 77.8 Å². The van der Waals surface area contributed by atoms with E-state index in [1.807, 2.05) is 6.07 Å². The van der Waals surface area contributed by atoms with Gasteiger partial charge in [-0.3, -0.25) is 4.79 Å². The third-order valence-corrected chi connectivity index (χ3v) is 6.17. The van der Waals surface area contributed by atoms with Crippen molar-refractivity contribution in [3.8, 4) is 17.4 Å². The monoisotopic (exact) mass is 427 g/mol. The Hall–Kier alpha value is -3.48. The van der Waals surface area contributed by atoms with E-state index in [1.165, 1.54) is 37.4 Å². The van der Waals surface area contributed by atoms with Crippen LogP contribution in [0.3, 0.4) is 0 Å². The van der Waals surface area contributed by atoms with Gasteiger partial charge in [-0.1, -0.05) is 12.1 Å². The molecule has 154 valence electrons. The summed E-state index contributed by atoms with van der Waals surface area (Å²) in [5.74, 6) is 0.0968. The van der Waals surface area contributed by atoms with Gasteiger partial charge < -0.3 is 9.73 Å². The summed E-state index contributed by atoms with van der Waals surface area (Å²) in [5.41, 5.74) is 0.699. The highest BCUT2D eigenvalue weighted by Gasteiger charge is 2.25. The molecule has 9 heteroatoms. The van der Waals surface area contributed by atoms with Crippen LogP contribution in [0.15, 0.2) is 70.0 Å². The average molecular weight is 427 g/mol. The van der Waals surface area contributed by atoms with Crippen LogP contribution in [0.4, 0.5) is 4.39 Å². The molecule has 0 atom stereocenters. The maximum absolute atomic E-state index is 13.0. The zero-order chi connectivity index (χ0) is 21.7. The quantitative estimate of drug-likeness (QED) is 0.624. The van der Waals surface area contributed by atoms with Gasteiger partial charge in [0, 0.05) is 12.6 Å². The van der Waals surface area contributed by atoms with E-state index >= 15 is 0 Å². The largest absolute Gasteiger partial charge is 0.459 e. The number of rotatable bonds is 7. The number of carbonyl (C=O) groups excluding carboxylic acids is 1. The van der Waals surface area contributed by atoms with Gasteiger partial charge in [0.05, 0.1) is 23.5 Å². The van der Waals surface area contributed by atoms with Gasteiger partial charge in [-0.15, -0.1) is 0 Å². The lowest BCUT2D eigenvalue weighted by atomic mass is 10.2. The first kappa shape index (κ1) is 21.2. The van der Waals surface area contributed by atoms with Crippen molar-refractivity contribution in [1.29, 1.82) is 5.26 Å². The molecule has 7 nitrogen and oxygen atoms in total. The van der Waals surface area contributed by atoms with Crippen LogP contribution in [-0.4, -0.2) is 32.2 Å². The molecule has 0 aliphatic carbocycles. The number of benzene rings is 2. The Morgan fingerprint density at radius 1 is 1.13 bits per heavy atom. The third kappa shape index (κ3) is 4.74. The van der Waals surface area contributed by atoms with E-state index in [2.05, 4.69) is 5.32 Å². The molecule has 3 rings (SSSR count). The molecule has 1 N–H and O–H groups in total. The fraction of sp³-hybridized carbons (Fsp3) is 0.143. The third-order valence-electron chi connectivity index (χ3n) is 4.31. The summed E-state index contributed by atoms with van der Waals surface area (Å²) >= 11 is 0. The van der Waals surface area contributed by atoms with Crippen LogP contribution in [0.1, 0.15) is 11.3 Å². The molecule has 1 aromatic heterocycles. The van der Waals surface area contributed by atoms with E-state index < -0.39 is 22.5 Å². The second-order valence-corrected chi connectivity index (χ2v) is 8.43. The van der Waals surface area contributed by atoms with Gasteiger partial charge in [0.2, 0.25) is 15.9 Å². The highest BCUT2D eigenvalue weighted by atomic mass is 32.2. The standard InChI is InChI=1S/C21H18FN3O4S/c1-25(30(27,28)20-5-3-2-4-16(20)12-23)14-21(26)24-13-18-10-11-19(29-18)15-6-8-17(22)9-7-15/h2-11H,13-14H2,1H3,(H,24,26). The number of likely N-dealkylation sites (N-methyl/N-ethyl adjacent to an activating group) is 1. The van der Waals surface area contributed by atoms with E-state index in [4.69, 9.17) is 9.68 Å². The molecule has 1 heterocycles. The van der Waals surface area contributed by atoms with E-state index in [0.717, 1.165) is 4.31 Å². The van der Waals surface area contributed by atoms with Crippen molar-refractivity contribution in [1.82, 2.24) is 9.62 Å². The molecule has 0 radical (unpaired) electrons. The maximum atomic E-state index is 13.0. The van der Waals surface area contributed by atoms with E-state index in [-0.39, 0.29) is 22.8 Å². The van der Waals surface area contributed by atoms with Crippen LogP contribution in [0.25, 0.3) is 11.3 Å². The predicted molar refractivity (Wildman–Crippen MR) is 107 cm³/mol. The normalized spacial score (nSPS) is 11.3. The zero-order valence-electron chi connectivity index (χ0n) is 16.0. The minimum atomic E-state index is -4.00. The SMILES string of the molecule is CN(CC(=O)NCc1ccc(-c2ccc(F)cc2)o1)S(=O)(=O)c1ccccc1C#N. The second kappa shape index (κ2) is 8.90. The molecule has 0 aliphatic heterocycles. The first-order valence-electron chi connectivity index (χ1n) is 8.88. The molecule has 0 saturated heterocycles. The molecule has 2 aromatic carbocycles. The molecule has 0 saturated carbocycles. The van der Waals surface area contributed by atoms with Crippen molar-refractivity contribution >= 4 is 15.9 Å². The summed E-state index contributed by atoms with van der Waals surface area (Å²) in [4.78, 5) is 12.1. The number of hydrogen-bond donors (Lipinski definition) is 1. The predicted octanol–water partition coefficient (Wildman–Crippen LogP) is 2.89. The van der Waals surface area contributed by atoms with Gasteiger partial charge in [0.1, 0.15) is 23.4 Å².